The molecule has 0 bridgehead atoms. The van der Waals surface area contributed by atoms with Gasteiger partial charge in [0.15, 0.2) is 0 Å². The minimum absolute atomic E-state index is 0.0682. The fourth-order valence-electron chi connectivity index (χ4n) is 2.39. The van der Waals surface area contributed by atoms with E-state index in [1.54, 1.807) is 19.3 Å². The molecule has 128 valence electrons. The van der Waals surface area contributed by atoms with Crippen molar-refractivity contribution in [1.82, 2.24) is 9.71 Å². The third-order valence-corrected chi connectivity index (χ3v) is 4.34. The van der Waals surface area contributed by atoms with E-state index in [0.29, 0.717) is 6.42 Å². The molecule has 1 atom stereocenters. The van der Waals surface area contributed by atoms with Crippen molar-refractivity contribution >= 4 is 16.0 Å². The molecule has 0 fully saturated rings. The monoisotopic (exact) mass is 348 g/mol. The fraction of sp³-hybridized carbons (Fsp3) is 0.294. The molecule has 0 saturated heterocycles. The van der Waals surface area contributed by atoms with Crippen LogP contribution < -0.4 is 4.72 Å². The van der Waals surface area contributed by atoms with E-state index in [-0.39, 0.29) is 12.5 Å². The summed E-state index contributed by atoms with van der Waals surface area (Å²) in [4.78, 5) is 14.8. The largest absolute Gasteiger partial charge is 0.481 e. The highest BCUT2D eigenvalue weighted by atomic mass is 32.2. The number of aryl methyl sites for hydroxylation is 1. The van der Waals surface area contributed by atoms with Crippen LogP contribution in [0.15, 0.2) is 42.7 Å². The quantitative estimate of drug-likeness (QED) is 0.801. The number of sulfonamides is 1. The second-order valence-electron chi connectivity index (χ2n) is 5.71. The van der Waals surface area contributed by atoms with Crippen molar-refractivity contribution in [3.63, 3.8) is 0 Å². The van der Waals surface area contributed by atoms with E-state index >= 15 is 0 Å². The Morgan fingerprint density at radius 1 is 1.21 bits per heavy atom. The van der Waals surface area contributed by atoms with E-state index in [0.717, 1.165) is 28.5 Å². The molecular weight excluding hydrogens is 328 g/mol. The van der Waals surface area contributed by atoms with Crippen LogP contribution in [0.4, 0.5) is 0 Å². The van der Waals surface area contributed by atoms with E-state index in [4.69, 9.17) is 5.11 Å². The van der Waals surface area contributed by atoms with Gasteiger partial charge in [0, 0.05) is 30.4 Å². The number of nitrogens with zero attached hydrogens (tertiary/aromatic N) is 1. The van der Waals surface area contributed by atoms with Crippen LogP contribution in [-0.2, 0) is 21.2 Å². The predicted octanol–water partition coefficient (Wildman–Crippen LogP) is 2.38. The number of rotatable bonds is 7. The number of aromatic nitrogens is 1. The lowest BCUT2D eigenvalue weighted by Crippen LogP contribution is -2.25. The maximum absolute atomic E-state index is 11.3. The van der Waals surface area contributed by atoms with Crippen LogP contribution in [-0.4, -0.2) is 30.7 Å². The van der Waals surface area contributed by atoms with Crippen molar-refractivity contribution in [2.45, 2.75) is 25.8 Å². The SMILES string of the molecule is C[C@H](NS(C)(=O)=O)c1ccc(-c2cncc(CCC(=O)O)c2)cc1. The van der Waals surface area contributed by atoms with Crippen molar-refractivity contribution in [3.05, 3.63) is 53.9 Å². The number of hydrogen-bond acceptors (Lipinski definition) is 4. The number of carbonyl (C=O) groups is 1. The molecule has 2 aromatic rings. The highest BCUT2D eigenvalue weighted by Crippen LogP contribution is 2.23. The van der Waals surface area contributed by atoms with Crippen molar-refractivity contribution in [2.24, 2.45) is 0 Å². The molecule has 0 aliphatic carbocycles. The van der Waals surface area contributed by atoms with Crippen LogP contribution in [0.1, 0.15) is 30.5 Å². The Labute approximate surface area is 141 Å². The molecule has 6 nitrogen and oxygen atoms in total. The average Bonchev–Trinajstić information content (AvgIpc) is 2.52. The first-order chi connectivity index (χ1) is 11.2. The summed E-state index contributed by atoms with van der Waals surface area (Å²) in [5.74, 6) is -0.836. The van der Waals surface area contributed by atoms with E-state index in [2.05, 4.69) is 9.71 Å². The first kappa shape index (κ1) is 18.1. The molecule has 1 aromatic heterocycles. The number of pyridine rings is 1. The lowest BCUT2D eigenvalue weighted by atomic mass is 10.0. The number of aliphatic carboxylic acids is 1. The second kappa shape index (κ2) is 7.55. The molecule has 0 aliphatic heterocycles. The topological polar surface area (TPSA) is 96.4 Å². The zero-order chi connectivity index (χ0) is 17.7. The van der Waals surface area contributed by atoms with Gasteiger partial charge in [-0.25, -0.2) is 13.1 Å². The Hall–Kier alpha value is -2.25. The van der Waals surface area contributed by atoms with Crippen LogP contribution in [0.5, 0.6) is 0 Å². The van der Waals surface area contributed by atoms with Gasteiger partial charge in [-0.1, -0.05) is 24.3 Å². The first-order valence-corrected chi connectivity index (χ1v) is 9.37. The van der Waals surface area contributed by atoms with Gasteiger partial charge >= 0.3 is 5.97 Å². The van der Waals surface area contributed by atoms with Gasteiger partial charge in [0.2, 0.25) is 10.0 Å². The molecule has 0 unspecified atom stereocenters. The Kier molecular flexibility index (Phi) is 5.69. The molecule has 0 radical (unpaired) electrons. The summed E-state index contributed by atoms with van der Waals surface area (Å²) < 4.78 is 25.1. The van der Waals surface area contributed by atoms with Gasteiger partial charge in [0.1, 0.15) is 0 Å². The first-order valence-electron chi connectivity index (χ1n) is 7.48. The Bertz CT molecular complexity index is 817. The summed E-state index contributed by atoms with van der Waals surface area (Å²) in [5.41, 5.74) is 3.56. The van der Waals surface area contributed by atoms with E-state index in [1.807, 2.05) is 30.3 Å². The van der Waals surface area contributed by atoms with Crippen LogP contribution in [0.2, 0.25) is 0 Å². The lowest BCUT2D eigenvalue weighted by Gasteiger charge is -2.13. The van der Waals surface area contributed by atoms with Gasteiger partial charge in [-0.2, -0.15) is 0 Å². The van der Waals surface area contributed by atoms with Crippen LogP contribution in [0.25, 0.3) is 11.1 Å². The molecule has 24 heavy (non-hydrogen) atoms. The molecule has 0 spiro atoms. The van der Waals surface area contributed by atoms with Gasteiger partial charge in [0.25, 0.3) is 0 Å². The van der Waals surface area contributed by atoms with Crippen LogP contribution in [0, 0.1) is 0 Å². The number of carboxylic acid groups (broad SMARTS) is 1. The van der Waals surface area contributed by atoms with E-state index in [9.17, 15) is 13.2 Å². The third-order valence-electron chi connectivity index (χ3n) is 3.56. The summed E-state index contributed by atoms with van der Waals surface area (Å²) in [5, 5.41) is 8.76. The summed E-state index contributed by atoms with van der Waals surface area (Å²) in [6.07, 6.45) is 5.02. The number of carboxylic acids is 1. The molecule has 0 aliphatic rings. The zero-order valence-corrected chi connectivity index (χ0v) is 14.4. The predicted molar refractivity (Wildman–Crippen MR) is 92.0 cm³/mol. The normalized spacial score (nSPS) is 12.8. The molecular formula is C17H20N2O4S. The highest BCUT2D eigenvalue weighted by Gasteiger charge is 2.11. The number of hydrogen-bond donors (Lipinski definition) is 2. The average molecular weight is 348 g/mol. The van der Waals surface area contributed by atoms with E-state index < -0.39 is 16.0 Å². The van der Waals surface area contributed by atoms with Crippen LogP contribution in [0.3, 0.4) is 0 Å². The number of nitrogens with one attached hydrogen (secondary N) is 1. The second-order valence-corrected chi connectivity index (χ2v) is 7.49. The van der Waals surface area contributed by atoms with Gasteiger partial charge in [0.05, 0.1) is 6.26 Å². The molecule has 0 amide bonds. The maximum atomic E-state index is 11.3. The highest BCUT2D eigenvalue weighted by molar-refractivity contribution is 7.88. The van der Waals surface area contributed by atoms with Crippen molar-refractivity contribution < 1.29 is 18.3 Å². The molecule has 1 heterocycles. The maximum Gasteiger partial charge on any atom is 0.303 e. The smallest absolute Gasteiger partial charge is 0.303 e. The van der Waals surface area contributed by atoms with Crippen molar-refractivity contribution in [3.8, 4) is 11.1 Å². The lowest BCUT2D eigenvalue weighted by molar-refractivity contribution is -0.136. The van der Waals surface area contributed by atoms with Crippen LogP contribution >= 0.6 is 0 Å². The molecule has 7 heteroatoms. The third kappa shape index (κ3) is 5.43. The fourth-order valence-corrected chi connectivity index (χ4v) is 3.17. The Morgan fingerprint density at radius 2 is 1.88 bits per heavy atom. The molecule has 2 N–H and O–H groups in total. The van der Waals surface area contributed by atoms with Crippen molar-refractivity contribution in [1.29, 1.82) is 0 Å². The van der Waals surface area contributed by atoms with Crippen molar-refractivity contribution in [2.75, 3.05) is 6.26 Å². The van der Waals surface area contributed by atoms with Gasteiger partial charge < -0.3 is 5.11 Å². The standard InChI is InChI=1S/C17H20N2O4S/c1-12(19-24(2,22)23)14-4-6-15(7-5-14)16-9-13(10-18-11-16)3-8-17(20)21/h4-7,9-12,19H,3,8H2,1-2H3,(H,20,21)/t12-/m0/s1. The molecule has 2 rings (SSSR count). The van der Waals surface area contributed by atoms with Gasteiger partial charge in [-0.15, -0.1) is 0 Å². The molecule has 0 saturated carbocycles. The zero-order valence-electron chi connectivity index (χ0n) is 13.6. The summed E-state index contributed by atoms with van der Waals surface area (Å²) in [6.45, 7) is 1.78. The summed E-state index contributed by atoms with van der Waals surface area (Å²) in [6, 6.07) is 9.13. The Balaban J connectivity index is 2.16. The molecule has 1 aromatic carbocycles. The van der Waals surface area contributed by atoms with Gasteiger partial charge in [-0.05, 0) is 36.1 Å². The van der Waals surface area contributed by atoms with Gasteiger partial charge in [-0.3, -0.25) is 9.78 Å². The number of benzene rings is 1. The minimum atomic E-state index is -3.26. The Morgan fingerprint density at radius 3 is 2.46 bits per heavy atom. The summed E-state index contributed by atoms with van der Waals surface area (Å²) in [7, 11) is -3.26. The van der Waals surface area contributed by atoms with E-state index in [1.165, 1.54) is 0 Å². The minimum Gasteiger partial charge on any atom is -0.481 e. The summed E-state index contributed by atoms with van der Waals surface area (Å²) >= 11 is 0.